The standard InChI is InChI=1S/C16H21N3O/c1-2-16(20)17-13-5-7-14(8-6-13)19-11-10-18-9-3-4-15(18)12-19/h2,5-8,15H,1,3-4,9-12H2,(H,17,20). The van der Waals surface area contributed by atoms with Crippen molar-refractivity contribution in [1.82, 2.24) is 4.90 Å². The van der Waals surface area contributed by atoms with Crippen molar-refractivity contribution in [1.29, 1.82) is 0 Å². The summed E-state index contributed by atoms with van der Waals surface area (Å²) in [6.45, 7) is 8.10. The number of carbonyl (C=O) groups is 1. The summed E-state index contributed by atoms with van der Waals surface area (Å²) in [5.74, 6) is -0.169. The fourth-order valence-electron chi connectivity index (χ4n) is 3.17. The number of amides is 1. The average Bonchev–Trinajstić information content (AvgIpc) is 2.95. The zero-order valence-corrected chi connectivity index (χ0v) is 11.7. The van der Waals surface area contributed by atoms with Crippen LogP contribution in [0.1, 0.15) is 12.8 Å². The van der Waals surface area contributed by atoms with Gasteiger partial charge in [-0.05, 0) is 49.7 Å². The lowest BCUT2D eigenvalue weighted by molar-refractivity contribution is -0.111. The summed E-state index contributed by atoms with van der Waals surface area (Å²) >= 11 is 0. The first kappa shape index (κ1) is 13.2. The molecule has 4 nitrogen and oxygen atoms in total. The third kappa shape index (κ3) is 2.70. The second-order valence-electron chi connectivity index (χ2n) is 5.52. The van der Waals surface area contributed by atoms with Crippen LogP contribution in [0.5, 0.6) is 0 Å². The van der Waals surface area contributed by atoms with Gasteiger partial charge in [0, 0.05) is 37.1 Å². The van der Waals surface area contributed by atoms with Crippen LogP contribution in [0.2, 0.25) is 0 Å². The van der Waals surface area contributed by atoms with E-state index in [0.29, 0.717) is 0 Å². The van der Waals surface area contributed by atoms with E-state index in [9.17, 15) is 4.79 Å². The molecule has 0 aliphatic carbocycles. The molecule has 1 aromatic carbocycles. The maximum Gasteiger partial charge on any atom is 0.247 e. The van der Waals surface area contributed by atoms with E-state index >= 15 is 0 Å². The van der Waals surface area contributed by atoms with Gasteiger partial charge in [-0.15, -0.1) is 0 Å². The molecule has 1 N–H and O–H groups in total. The molecule has 20 heavy (non-hydrogen) atoms. The van der Waals surface area contributed by atoms with Gasteiger partial charge in [0.1, 0.15) is 0 Å². The number of nitrogens with one attached hydrogen (secondary N) is 1. The number of piperazine rings is 1. The quantitative estimate of drug-likeness (QED) is 0.855. The Hall–Kier alpha value is -1.81. The first-order valence-electron chi connectivity index (χ1n) is 7.29. The lowest BCUT2D eigenvalue weighted by Gasteiger charge is -2.38. The Morgan fingerprint density at radius 2 is 2.05 bits per heavy atom. The molecule has 0 spiro atoms. The van der Waals surface area contributed by atoms with E-state index in [0.717, 1.165) is 24.8 Å². The molecule has 4 heteroatoms. The molecule has 1 aromatic rings. The van der Waals surface area contributed by atoms with Crippen molar-refractivity contribution in [2.24, 2.45) is 0 Å². The Kier molecular flexibility index (Phi) is 3.74. The van der Waals surface area contributed by atoms with E-state index in [1.807, 2.05) is 12.1 Å². The molecular formula is C16H21N3O. The number of benzene rings is 1. The van der Waals surface area contributed by atoms with Gasteiger partial charge in [-0.2, -0.15) is 0 Å². The van der Waals surface area contributed by atoms with Gasteiger partial charge in [-0.25, -0.2) is 0 Å². The smallest absolute Gasteiger partial charge is 0.247 e. The van der Waals surface area contributed by atoms with Crippen molar-refractivity contribution >= 4 is 17.3 Å². The number of rotatable bonds is 3. The normalized spacial score (nSPS) is 22.4. The SMILES string of the molecule is C=CC(=O)Nc1ccc(N2CCN3CCCC3C2)cc1. The van der Waals surface area contributed by atoms with E-state index in [4.69, 9.17) is 0 Å². The molecule has 106 valence electrons. The second kappa shape index (κ2) is 5.67. The molecule has 1 amide bonds. The maximum atomic E-state index is 11.2. The zero-order valence-electron chi connectivity index (χ0n) is 11.7. The predicted octanol–water partition coefficient (Wildman–Crippen LogP) is 2.10. The molecule has 0 saturated carbocycles. The van der Waals surface area contributed by atoms with E-state index < -0.39 is 0 Å². The van der Waals surface area contributed by atoms with Crippen molar-refractivity contribution in [2.45, 2.75) is 18.9 Å². The summed E-state index contributed by atoms with van der Waals surface area (Å²) in [5.41, 5.74) is 2.06. The van der Waals surface area contributed by atoms with Crippen molar-refractivity contribution in [2.75, 3.05) is 36.4 Å². The van der Waals surface area contributed by atoms with Gasteiger partial charge in [-0.3, -0.25) is 9.69 Å². The number of carbonyl (C=O) groups excluding carboxylic acids is 1. The molecule has 1 unspecified atom stereocenters. The van der Waals surface area contributed by atoms with Crippen LogP contribution in [0.4, 0.5) is 11.4 Å². The second-order valence-corrected chi connectivity index (χ2v) is 5.52. The predicted molar refractivity (Wildman–Crippen MR) is 82.1 cm³/mol. The largest absolute Gasteiger partial charge is 0.369 e. The Bertz CT molecular complexity index is 497. The average molecular weight is 271 g/mol. The van der Waals surface area contributed by atoms with Crippen molar-refractivity contribution in [3.05, 3.63) is 36.9 Å². The van der Waals surface area contributed by atoms with Crippen LogP contribution in [0.15, 0.2) is 36.9 Å². The molecule has 3 rings (SSSR count). The highest BCUT2D eigenvalue weighted by molar-refractivity contribution is 5.98. The van der Waals surface area contributed by atoms with Gasteiger partial charge in [0.15, 0.2) is 0 Å². The summed E-state index contributed by atoms with van der Waals surface area (Å²) in [7, 11) is 0. The Morgan fingerprint density at radius 3 is 2.80 bits per heavy atom. The van der Waals surface area contributed by atoms with Gasteiger partial charge < -0.3 is 10.2 Å². The number of fused-ring (bicyclic) bond motifs is 1. The van der Waals surface area contributed by atoms with Crippen molar-refractivity contribution in [3.8, 4) is 0 Å². The van der Waals surface area contributed by atoms with E-state index in [-0.39, 0.29) is 5.91 Å². The first-order valence-corrected chi connectivity index (χ1v) is 7.29. The summed E-state index contributed by atoms with van der Waals surface area (Å²) in [5, 5.41) is 2.77. The van der Waals surface area contributed by atoms with Gasteiger partial charge in [0.05, 0.1) is 0 Å². The first-order chi connectivity index (χ1) is 9.76. The number of nitrogens with zero attached hydrogens (tertiary/aromatic N) is 2. The molecule has 2 saturated heterocycles. The highest BCUT2D eigenvalue weighted by Crippen LogP contribution is 2.26. The van der Waals surface area contributed by atoms with E-state index in [1.54, 1.807) is 0 Å². The zero-order chi connectivity index (χ0) is 13.9. The number of hydrogen-bond donors (Lipinski definition) is 1. The van der Waals surface area contributed by atoms with Gasteiger partial charge >= 0.3 is 0 Å². The Morgan fingerprint density at radius 1 is 1.25 bits per heavy atom. The number of hydrogen-bond acceptors (Lipinski definition) is 3. The molecule has 0 aromatic heterocycles. The lowest BCUT2D eigenvalue weighted by atomic mass is 10.1. The third-order valence-corrected chi connectivity index (χ3v) is 4.27. The van der Waals surface area contributed by atoms with Crippen LogP contribution < -0.4 is 10.2 Å². The topological polar surface area (TPSA) is 35.6 Å². The van der Waals surface area contributed by atoms with Gasteiger partial charge in [0.25, 0.3) is 0 Å². The number of anilines is 2. The molecule has 1 atom stereocenters. The maximum absolute atomic E-state index is 11.2. The Labute approximate surface area is 120 Å². The van der Waals surface area contributed by atoms with E-state index in [2.05, 4.69) is 33.8 Å². The lowest BCUT2D eigenvalue weighted by Crippen LogP contribution is -2.50. The highest BCUT2D eigenvalue weighted by Gasteiger charge is 2.30. The molecule has 0 radical (unpaired) electrons. The summed E-state index contributed by atoms with van der Waals surface area (Å²) in [6.07, 6.45) is 3.95. The molecular weight excluding hydrogens is 250 g/mol. The minimum Gasteiger partial charge on any atom is -0.369 e. The molecule has 2 aliphatic rings. The van der Waals surface area contributed by atoms with Crippen molar-refractivity contribution in [3.63, 3.8) is 0 Å². The minimum atomic E-state index is -0.169. The van der Waals surface area contributed by atoms with E-state index in [1.165, 1.54) is 37.7 Å². The molecule has 2 heterocycles. The highest BCUT2D eigenvalue weighted by atomic mass is 16.1. The van der Waals surface area contributed by atoms with Crippen LogP contribution in [0, 0.1) is 0 Å². The molecule has 2 fully saturated rings. The third-order valence-electron chi connectivity index (χ3n) is 4.27. The van der Waals surface area contributed by atoms with Crippen LogP contribution in [0.25, 0.3) is 0 Å². The monoisotopic (exact) mass is 271 g/mol. The van der Waals surface area contributed by atoms with Crippen LogP contribution in [-0.2, 0) is 4.79 Å². The molecule has 2 aliphatic heterocycles. The van der Waals surface area contributed by atoms with Crippen LogP contribution in [0.3, 0.4) is 0 Å². The summed E-state index contributed by atoms with van der Waals surface area (Å²) in [4.78, 5) is 16.3. The summed E-state index contributed by atoms with van der Waals surface area (Å²) < 4.78 is 0. The minimum absolute atomic E-state index is 0.169. The Balaban J connectivity index is 1.65. The molecule has 0 bridgehead atoms. The van der Waals surface area contributed by atoms with Crippen LogP contribution in [-0.4, -0.2) is 43.0 Å². The summed E-state index contributed by atoms with van der Waals surface area (Å²) in [6, 6.07) is 8.81. The fourth-order valence-corrected chi connectivity index (χ4v) is 3.17. The van der Waals surface area contributed by atoms with Gasteiger partial charge in [-0.1, -0.05) is 6.58 Å². The van der Waals surface area contributed by atoms with Crippen LogP contribution >= 0.6 is 0 Å². The van der Waals surface area contributed by atoms with Gasteiger partial charge in [0.2, 0.25) is 5.91 Å². The fraction of sp³-hybridized carbons (Fsp3) is 0.438. The van der Waals surface area contributed by atoms with Crippen molar-refractivity contribution < 1.29 is 4.79 Å².